The summed E-state index contributed by atoms with van der Waals surface area (Å²) in [5.74, 6) is -1.19. The van der Waals surface area contributed by atoms with Crippen molar-refractivity contribution in [3.63, 3.8) is 0 Å². The van der Waals surface area contributed by atoms with Crippen LogP contribution in [0.5, 0.6) is 0 Å². The van der Waals surface area contributed by atoms with Crippen LogP contribution in [-0.4, -0.2) is 51.8 Å². The Balaban J connectivity index is 2.47. The Morgan fingerprint density at radius 3 is 2.32 bits per heavy atom. The highest BCUT2D eigenvalue weighted by molar-refractivity contribution is 8.01. The van der Waals surface area contributed by atoms with Gasteiger partial charge in [-0.2, -0.15) is 0 Å². The molecule has 0 bridgehead atoms. The van der Waals surface area contributed by atoms with Gasteiger partial charge in [-0.1, -0.05) is 50.2 Å². The summed E-state index contributed by atoms with van der Waals surface area (Å²) in [4.78, 5) is 41.0. The van der Waals surface area contributed by atoms with Gasteiger partial charge in [-0.15, -0.1) is 23.1 Å². The largest absolute Gasteiger partial charge is 0.461 e. The molecule has 2 atom stereocenters. The molecule has 9 heteroatoms. The van der Waals surface area contributed by atoms with Crippen molar-refractivity contribution in [2.45, 2.75) is 69.4 Å². The van der Waals surface area contributed by atoms with Gasteiger partial charge in [0.1, 0.15) is 12.1 Å². The second kappa shape index (κ2) is 14.1. The first-order valence-corrected chi connectivity index (χ1v) is 13.2. The monoisotopic (exact) mass is 506 g/mol. The highest BCUT2D eigenvalue weighted by Crippen LogP contribution is 2.27. The number of thiophene rings is 1. The predicted octanol–water partition coefficient (Wildman–Crippen LogP) is 4.54. The molecule has 1 aromatic carbocycles. The summed E-state index contributed by atoms with van der Waals surface area (Å²) in [7, 11) is 0. The molecule has 2 amide bonds. The Bertz CT molecular complexity index is 903. The number of benzene rings is 1. The Morgan fingerprint density at radius 1 is 1.06 bits per heavy atom. The Hall–Kier alpha value is -2.36. The van der Waals surface area contributed by atoms with E-state index >= 15 is 0 Å². The van der Waals surface area contributed by atoms with Gasteiger partial charge in [0.25, 0.3) is 5.91 Å². The zero-order valence-electron chi connectivity index (χ0n) is 20.1. The van der Waals surface area contributed by atoms with Gasteiger partial charge >= 0.3 is 5.97 Å². The number of thioether (sulfide) groups is 1. The highest BCUT2D eigenvalue weighted by atomic mass is 32.2. The number of carbonyl (C=O) groups is 3. The molecule has 0 aliphatic carbocycles. The van der Waals surface area contributed by atoms with E-state index in [0.29, 0.717) is 6.42 Å². The molecule has 2 aromatic rings. The molecule has 0 saturated heterocycles. The summed E-state index contributed by atoms with van der Waals surface area (Å²) in [6.45, 7) is 7.51. The fraction of sp³-hybridized carbons (Fsp3) is 0.480. The zero-order chi connectivity index (χ0) is 25.1. The normalized spacial score (nSPS) is 12.9. The van der Waals surface area contributed by atoms with Gasteiger partial charge in [-0.3, -0.25) is 14.8 Å². The maximum absolute atomic E-state index is 13.5. The minimum atomic E-state index is -1.06. The molecule has 0 fully saturated rings. The highest BCUT2D eigenvalue weighted by Gasteiger charge is 2.39. The van der Waals surface area contributed by atoms with Gasteiger partial charge in [0.05, 0.1) is 10.3 Å². The molecule has 0 aliphatic heterocycles. The quantitative estimate of drug-likeness (QED) is 0.179. The van der Waals surface area contributed by atoms with Crippen LogP contribution in [0.15, 0.2) is 52.1 Å². The number of hydrogen-bond donors (Lipinski definition) is 2. The van der Waals surface area contributed by atoms with Gasteiger partial charge in [0, 0.05) is 18.6 Å². The standard InChI is InChI=1S/C25H34N2O5S2/c1-17(2)12-13-22(28)27(21(24(29)26-31)16-34-23-11-8-14-33-23)20(25(30)32-18(3)4)15-19-9-6-5-7-10-19/h5-11,14,17-18,20-21,31H,12-13,15-16H2,1-4H3,(H,26,29)/t20-,21-/m0/s1. The van der Waals surface area contributed by atoms with E-state index < -0.39 is 24.0 Å². The maximum atomic E-state index is 13.5. The Morgan fingerprint density at radius 2 is 1.76 bits per heavy atom. The van der Waals surface area contributed by atoms with Gasteiger partial charge < -0.3 is 9.64 Å². The third-order valence-corrected chi connectivity index (χ3v) is 7.29. The molecule has 1 heterocycles. The first-order chi connectivity index (χ1) is 16.2. The molecule has 7 nitrogen and oxygen atoms in total. The first kappa shape index (κ1) is 27.9. The number of hydrogen-bond acceptors (Lipinski definition) is 7. The fourth-order valence-electron chi connectivity index (χ4n) is 3.41. The molecule has 0 saturated carbocycles. The summed E-state index contributed by atoms with van der Waals surface area (Å²) in [6, 6.07) is 11.1. The van der Waals surface area contributed by atoms with E-state index in [0.717, 1.165) is 9.77 Å². The molecule has 2 rings (SSSR count). The van der Waals surface area contributed by atoms with Gasteiger partial charge in [0.15, 0.2) is 0 Å². The molecule has 2 N–H and O–H groups in total. The van der Waals surface area contributed by atoms with Crippen LogP contribution in [0.1, 0.15) is 46.1 Å². The number of rotatable bonds is 13. The van der Waals surface area contributed by atoms with Crippen molar-refractivity contribution >= 4 is 40.9 Å². The third-order valence-electron chi connectivity index (χ3n) is 5.08. The van der Waals surface area contributed by atoms with E-state index in [1.54, 1.807) is 19.3 Å². The summed E-state index contributed by atoms with van der Waals surface area (Å²) >= 11 is 2.92. The summed E-state index contributed by atoms with van der Waals surface area (Å²) < 4.78 is 6.49. The molecule has 1 aromatic heterocycles. The predicted molar refractivity (Wildman–Crippen MR) is 135 cm³/mol. The summed E-state index contributed by atoms with van der Waals surface area (Å²) in [5, 5.41) is 11.4. The van der Waals surface area contributed by atoms with Crippen molar-refractivity contribution in [1.82, 2.24) is 10.4 Å². The lowest BCUT2D eigenvalue weighted by atomic mass is 10.0. The lowest BCUT2D eigenvalue weighted by molar-refractivity contribution is -0.162. The maximum Gasteiger partial charge on any atom is 0.329 e. The van der Waals surface area contributed by atoms with Crippen molar-refractivity contribution < 1.29 is 24.3 Å². The van der Waals surface area contributed by atoms with Crippen molar-refractivity contribution in [3.8, 4) is 0 Å². The molecule has 0 aliphatic rings. The van der Waals surface area contributed by atoms with Crippen LogP contribution >= 0.6 is 23.1 Å². The number of amides is 2. The minimum absolute atomic E-state index is 0.177. The summed E-state index contributed by atoms with van der Waals surface area (Å²) in [5.41, 5.74) is 2.54. The van der Waals surface area contributed by atoms with E-state index in [4.69, 9.17) is 4.74 Å². The van der Waals surface area contributed by atoms with Crippen LogP contribution in [0, 0.1) is 5.92 Å². The third kappa shape index (κ3) is 8.77. The average Bonchev–Trinajstić information content (AvgIpc) is 3.32. The first-order valence-electron chi connectivity index (χ1n) is 11.4. The minimum Gasteiger partial charge on any atom is -0.461 e. The van der Waals surface area contributed by atoms with Crippen LogP contribution in [0.3, 0.4) is 0 Å². The SMILES string of the molecule is CC(C)CCC(=O)N([C@@H](CSc1cccs1)C(=O)NO)[C@@H](Cc1ccccc1)C(=O)OC(C)C. The molecule has 0 spiro atoms. The topological polar surface area (TPSA) is 95.9 Å². The van der Waals surface area contributed by atoms with Gasteiger partial charge in [-0.05, 0) is 43.2 Å². The number of hydroxylamine groups is 1. The van der Waals surface area contributed by atoms with Crippen molar-refractivity contribution in [3.05, 3.63) is 53.4 Å². The van der Waals surface area contributed by atoms with Gasteiger partial charge in [0.2, 0.25) is 5.91 Å². The molecule has 186 valence electrons. The lowest BCUT2D eigenvalue weighted by Gasteiger charge is -2.36. The fourth-order valence-corrected chi connectivity index (χ4v) is 5.31. The van der Waals surface area contributed by atoms with E-state index in [2.05, 4.69) is 0 Å². The number of carbonyl (C=O) groups excluding carboxylic acids is 3. The number of ether oxygens (including phenoxy) is 1. The van der Waals surface area contributed by atoms with E-state index in [1.165, 1.54) is 28.0 Å². The van der Waals surface area contributed by atoms with Crippen molar-refractivity contribution in [2.24, 2.45) is 5.92 Å². The molecule has 0 radical (unpaired) electrons. The Labute approximate surface area is 209 Å². The lowest BCUT2D eigenvalue weighted by Crippen LogP contribution is -2.58. The van der Waals surface area contributed by atoms with Crippen LogP contribution in [0.2, 0.25) is 0 Å². The molecular weight excluding hydrogens is 472 g/mol. The second-order valence-corrected chi connectivity index (χ2v) is 10.9. The van der Waals surface area contributed by atoms with Gasteiger partial charge in [-0.25, -0.2) is 10.3 Å². The number of nitrogens with one attached hydrogen (secondary N) is 1. The second-order valence-electron chi connectivity index (χ2n) is 8.66. The van der Waals surface area contributed by atoms with Crippen LogP contribution in [0.4, 0.5) is 0 Å². The Kier molecular flexibility index (Phi) is 11.6. The smallest absolute Gasteiger partial charge is 0.329 e. The van der Waals surface area contributed by atoms with E-state index in [1.807, 2.05) is 61.7 Å². The van der Waals surface area contributed by atoms with E-state index in [-0.39, 0.29) is 36.5 Å². The average molecular weight is 507 g/mol. The zero-order valence-corrected chi connectivity index (χ0v) is 21.7. The number of nitrogens with zero attached hydrogens (tertiary/aromatic N) is 1. The van der Waals surface area contributed by atoms with Crippen molar-refractivity contribution in [2.75, 3.05) is 5.75 Å². The van der Waals surface area contributed by atoms with Crippen LogP contribution < -0.4 is 5.48 Å². The van der Waals surface area contributed by atoms with E-state index in [9.17, 15) is 19.6 Å². The summed E-state index contributed by atoms with van der Waals surface area (Å²) in [6.07, 6.45) is 0.595. The molecular formula is C25H34N2O5S2. The molecule has 34 heavy (non-hydrogen) atoms. The van der Waals surface area contributed by atoms with Crippen LogP contribution in [-0.2, 0) is 25.5 Å². The van der Waals surface area contributed by atoms with Crippen LogP contribution in [0.25, 0.3) is 0 Å². The number of esters is 1. The van der Waals surface area contributed by atoms with Crippen molar-refractivity contribution in [1.29, 1.82) is 0 Å². The molecule has 0 unspecified atom stereocenters.